The minimum absolute atomic E-state index is 0.230. The van der Waals surface area contributed by atoms with Crippen molar-refractivity contribution in [2.75, 3.05) is 49.1 Å². The summed E-state index contributed by atoms with van der Waals surface area (Å²) in [5, 5.41) is 9.21. The van der Waals surface area contributed by atoms with Crippen LogP contribution in [0, 0.1) is 12.8 Å². The van der Waals surface area contributed by atoms with Gasteiger partial charge in [-0.1, -0.05) is 30.3 Å². The quantitative estimate of drug-likeness (QED) is 0.833. The molecule has 1 aromatic carbocycles. The maximum atomic E-state index is 11.2. The number of aromatic nitrogens is 2. The van der Waals surface area contributed by atoms with Gasteiger partial charge >= 0.3 is 5.97 Å². The summed E-state index contributed by atoms with van der Waals surface area (Å²) in [5.41, 5.74) is 2.30. The van der Waals surface area contributed by atoms with Crippen LogP contribution in [0.1, 0.15) is 24.1 Å². The number of aryl methyl sites for hydroxylation is 1. The van der Waals surface area contributed by atoms with Crippen molar-refractivity contribution in [3.8, 4) is 0 Å². The van der Waals surface area contributed by atoms with Gasteiger partial charge in [0.2, 0.25) is 5.95 Å². The molecule has 154 valence electrons. The van der Waals surface area contributed by atoms with Crippen LogP contribution < -0.4 is 9.80 Å². The fourth-order valence-electron chi connectivity index (χ4n) is 4.14. The van der Waals surface area contributed by atoms with E-state index in [2.05, 4.69) is 50.0 Å². The summed E-state index contributed by atoms with van der Waals surface area (Å²) < 4.78 is 0. The highest BCUT2D eigenvalue weighted by atomic mass is 16.4. The fourth-order valence-corrected chi connectivity index (χ4v) is 4.14. The lowest BCUT2D eigenvalue weighted by atomic mass is 9.97. The highest BCUT2D eigenvalue weighted by Crippen LogP contribution is 2.24. The SMILES string of the molecule is Cc1cc(N2CCC(C(=O)O)CC2)nc(N2CCN(Cc3ccccc3)CC2)n1. The smallest absolute Gasteiger partial charge is 0.306 e. The molecule has 4 rings (SSSR count). The van der Waals surface area contributed by atoms with Crippen molar-refractivity contribution in [2.45, 2.75) is 26.3 Å². The second kappa shape index (κ2) is 8.78. The van der Waals surface area contributed by atoms with Gasteiger partial charge in [0, 0.05) is 57.6 Å². The van der Waals surface area contributed by atoms with Crippen LogP contribution in [0.4, 0.5) is 11.8 Å². The number of hydrogen-bond acceptors (Lipinski definition) is 6. The number of rotatable bonds is 5. The lowest BCUT2D eigenvalue weighted by molar-refractivity contribution is -0.142. The van der Waals surface area contributed by atoms with Crippen molar-refractivity contribution < 1.29 is 9.90 Å². The van der Waals surface area contributed by atoms with E-state index in [0.717, 1.165) is 63.3 Å². The van der Waals surface area contributed by atoms with E-state index in [9.17, 15) is 9.90 Å². The standard InChI is InChI=1S/C22H29N5O2/c1-17-15-20(26-9-7-19(8-10-26)21(28)29)24-22(23-17)27-13-11-25(12-14-27)16-18-5-3-2-4-6-18/h2-6,15,19H,7-14,16H2,1H3,(H,28,29). The zero-order valence-electron chi connectivity index (χ0n) is 17.0. The van der Waals surface area contributed by atoms with Gasteiger partial charge in [-0.25, -0.2) is 4.98 Å². The van der Waals surface area contributed by atoms with E-state index < -0.39 is 5.97 Å². The Kier molecular flexibility index (Phi) is 5.94. The Balaban J connectivity index is 1.38. The lowest BCUT2D eigenvalue weighted by Gasteiger charge is -2.36. The Morgan fingerprint density at radius 3 is 2.34 bits per heavy atom. The summed E-state index contributed by atoms with van der Waals surface area (Å²) in [5.74, 6) is 0.798. The summed E-state index contributed by atoms with van der Waals surface area (Å²) >= 11 is 0. The molecule has 0 atom stereocenters. The molecule has 29 heavy (non-hydrogen) atoms. The third-order valence-corrected chi connectivity index (χ3v) is 5.90. The Labute approximate surface area is 172 Å². The van der Waals surface area contributed by atoms with Crippen LogP contribution >= 0.6 is 0 Å². The van der Waals surface area contributed by atoms with Crippen molar-refractivity contribution in [1.82, 2.24) is 14.9 Å². The minimum Gasteiger partial charge on any atom is -0.481 e. The van der Waals surface area contributed by atoms with Crippen LogP contribution in [0.25, 0.3) is 0 Å². The van der Waals surface area contributed by atoms with E-state index >= 15 is 0 Å². The Morgan fingerprint density at radius 1 is 1.00 bits per heavy atom. The van der Waals surface area contributed by atoms with Gasteiger partial charge in [0.1, 0.15) is 5.82 Å². The van der Waals surface area contributed by atoms with Crippen molar-refractivity contribution in [2.24, 2.45) is 5.92 Å². The van der Waals surface area contributed by atoms with E-state index in [4.69, 9.17) is 4.98 Å². The van der Waals surface area contributed by atoms with Gasteiger partial charge in [0.05, 0.1) is 5.92 Å². The van der Waals surface area contributed by atoms with Crippen LogP contribution in [0.3, 0.4) is 0 Å². The van der Waals surface area contributed by atoms with Crippen LogP contribution in [-0.2, 0) is 11.3 Å². The van der Waals surface area contributed by atoms with Crippen LogP contribution in [0.15, 0.2) is 36.4 Å². The van der Waals surface area contributed by atoms with E-state index in [0.29, 0.717) is 12.8 Å². The number of nitrogens with zero attached hydrogens (tertiary/aromatic N) is 5. The van der Waals surface area contributed by atoms with E-state index in [1.807, 2.05) is 13.0 Å². The Bertz CT molecular complexity index is 828. The van der Waals surface area contributed by atoms with Crippen molar-refractivity contribution >= 4 is 17.7 Å². The average molecular weight is 396 g/mol. The summed E-state index contributed by atoms with van der Waals surface area (Å²) in [6, 6.07) is 12.6. The van der Waals surface area contributed by atoms with E-state index in [-0.39, 0.29) is 5.92 Å². The van der Waals surface area contributed by atoms with Gasteiger partial charge in [-0.2, -0.15) is 4.98 Å². The first-order valence-corrected chi connectivity index (χ1v) is 10.4. The molecule has 3 heterocycles. The first-order chi connectivity index (χ1) is 14.1. The fraction of sp³-hybridized carbons (Fsp3) is 0.500. The predicted octanol–water partition coefficient (Wildman–Crippen LogP) is 2.41. The number of carboxylic acids is 1. The monoisotopic (exact) mass is 395 g/mol. The first kappa shape index (κ1) is 19.6. The van der Waals surface area contributed by atoms with Gasteiger partial charge < -0.3 is 14.9 Å². The number of carbonyl (C=O) groups is 1. The molecule has 1 aromatic heterocycles. The zero-order valence-corrected chi connectivity index (χ0v) is 17.0. The third kappa shape index (κ3) is 4.85. The van der Waals surface area contributed by atoms with Crippen LogP contribution in [0.2, 0.25) is 0 Å². The maximum absolute atomic E-state index is 11.2. The summed E-state index contributed by atoms with van der Waals surface area (Å²) in [4.78, 5) is 27.6. The molecule has 0 saturated carbocycles. The van der Waals surface area contributed by atoms with E-state index in [1.165, 1.54) is 5.56 Å². The van der Waals surface area contributed by atoms with Gasteiger partial charge in [-0.3, -0.25) is 9.69 Å². The molecule has 0 aliphatic carbocycles. The highest BCUT2D eigenvalue weighted by Gasteiger charge is 2.26. The molecule has 7 nitrogen and oxygen atoms in total. The molecule has 7 heteroatoms. The molecule has 2 aliphatic heterocycles. The Morgan fingerprint density at radius 2 is 1.69 bits per heavy atom. The van der Waals surface area contributed by atoms with Gasteiger partial charge in [0.15, 0.2) is 0 Å². The molecule has 0 bridgehead atoms. The number of hydrogen-bond donors (Lipinski definition) is 1. The van der Waals surface area contributed by atoms with E-state index in [1.54, 1.807) is 0 Å². The molecule has 2 fully saturated rings. The van der Waals surface area contributed by atoms with Gasteiger partial charge in [-0.05, 0) is 25.3 Å². The van der Waals surface area contributed by atoms with Crippen LogP contribution in [0.5, 0.6) is 0 Å². The second-order valence-electron chi connectivity index (χ2n) is 8.02. The molecule has 0 unspecified atom stereocenters. The van der Waals surface area contributed by atoms with Crippen LogP contribution in [-0.4, -0.2) is 65.2 Å². The molecule has 2 aliphatic rings. The Hall–Kier alpha value is -2.67. The van der Waals surface area contributed by atoms with Crippen molar-refractivity contribution in [3.05, 3.63) is 47.7 Å². The molecular formula is C22H29N5O2. The predicted molar refractivity (Wildman–Crippen MR) is 113 cm³/mol. The average Bonchev–Trinajstić information content (AvgIpc) is 2.75. The van der Waals surface area contributed by atoms with Crippen molar-refractivity contribution in [1.29, 1.82) is 0 Å². The maximum Gasteiger partial charge on any atom is 0.306 e. The third-order valence-electron chi connectivity index (χ3n) is 5.90. The molecule has 2 saturated heterocycles. The normalized spacial score (nSPS) is 18.8. The number of piperazine rings is 1. The summed E-state index contributed by atoms with van der Waals surface area (Å²) in [6.45, 7) is 8.26. The van der Waals surface area contributed by atoms with Gasteiger partial charge in [-0.15, -0.1) is 0 Å². The molecule has 0 spiro atoms. The lowest BCUT2D eigenvalue weighted by Crippen LogP contribution is -2.46. The number of carboxylic acid groups (broad SMARTS) is 1. The molecule has 1 N–H and O–H groups in total. The number of piperidine rings is 1. The summed E-state index contributed by atoms with van der Waals surface area (Å²) in [7, 11) is 0. The first-order valence-electron chi connectivity index (χ1n) is 10.4. The summed E-state index contributed by atoms with van der Waals surface area (Å²) in [6.07, 6.45) is 1.34. The second-order valence-corrected chi connectivity index (χ2v) is 8.02. The van der Waals surface area contributed by atoms with Crippen molar-refractivity contribution in [3.63, 3.8) is 0 Å². The molecule has 0 amide bonds. The number of aliphatic carboxylic acids is 1. The highest BCUT2D eigenvalue weighted by molar-refractivity contribution is 5.70. The topological polar surface area (TPSA) is 72.8 Å². The molecule has 0 radical (unpaired) electrons. The van der Waals surface area contributed by atoms with Gasteiger partial charge in [0.25, 0.3) is 0 Å². The minimum atomic E-state index is -0.683. The molecular weight excluding hydrogens is 366 g/mol. The largest absolute Gasteiger partial charge is 0.481 e. The number of benzene rings is 1. The zero-order chi connectivity index (χ0) is 20.2. The number of anilines is 2. The molecule has 2 aromatic rings.